The number of nitrogens with zero attached hydrogens (tertiary/aromatic N) is 2. The third-order valence-corrected chi connectivity index (χ3v) is 3.20. The summed E-state index contributed by atoms with van der Waals surface area (Å²) in [6.45, 7) is 4.83. The van der Waals surface area contributed by atoms with Crippen LogP contribution in [-0.2, 0) is 0 Å². The number of aryl methyl sites for hydroxylation is 1. The van der Waals surface area contributed by atoms with E-state index in [0.29, 0.717) is 16.5 Å². The van der Waals surface area contributed by atoms with Gasteiger partial charge in [-0.15, -0.1) is 0 Å². The summed E-state index contributed by atoms with van der Waals surface area (Å²) in [6.07, 6.45) is 1.07. The standard InChI is InChI=1S/C13H16N4OS/c1-3-8-14-11-6-4-10(5-7-11)12(18)16-13-15-9(2)17-19-13/h4-7,14H,3,8H2,1-2H3,(H,15,16,17,18). The van der Waals surface area contributed by atoms with E-state index >= 15 is 0 Å². The Balaban J connectivity index is 1.99. The maximum Gasteiger partial charge on any atom is 0.257 e. The highest BCUT2D eigenvalue weighted by molar-refractivity contribution is 7.09. The summed E-state index contributed by atoms with van der Waals surface area (Å²) in [6, 6.07) is 7.38. The number of carbonyl (C=O) groups excluding carboxylic acids is 1. The lowest BCUT2D eigenvalue weighted by atomic mass is 10.2. The van der Waals surface area contributed by atoms with Crippen LogP contribution in [0.4, 0.5) is 10.8 Å². The van der Waals surface area contributed by atoms with Gasteiger partial charge < -0.3 is 5.32 Å². The SMILES string of the molecule is CCCNc1ccc(C(=O)Nc2nc(C)ns2)cc1. The van der Waals surface area contributed by atoms with Gasteiger partial charge in [0.25, 0.3) is 5.91 Å². The summed E-state index contributed by atoms with van der Waals surface area (Å²) in [4.78, 5) is 16.1. The predicted molar refractivity (Wildman–Crippen MR) is 77.8 cm³/mol. The second-order valence-corrected chi connectivity index (χ2v) is 4.86. The lowest BCUT2D eigenvalue weighted by molar-refractivity contribution is 0.102. The fourth-order valence-corrected chi connectivity index (χ4v) is 2.10. The lowest BCUT2D eigenvalue weighted by Crippen LogP contribution is -2.11. The van der Waals surface area contributed by atoms with Crippen molar-refractivity contribution in [1.82, 2.24) is 9.36 Å². The molecule has 0 unspecified atom stereocenters. The Morgan fingerprint density at radius 2 is 2.05 bits per heavy atom. The average Bonchev–Trinajstić information content (AvgIpc) is 2.82. The summed E-state index contributed by atoms with van der Waals surface area (Å²) in [7, 11) is 0. The van der Waals surface area contributed by atoms with Gasteiger partial charge >= 0.3 is 0 Å². The highest BCUT2D eigenvalue weighted by atomic mass is 32.1. The molecule has 2 aromatic rings. The lowest BCUT2D eigenvalue weighted by Gasteiger charge is -2.05. The number of aromatic nitrogens is 2. The molecule has 0 aliphatic heterocycles. The van der Waals surface area contributed by atoms with E-state index in [9.17, 15) is 4.79 Å². The first kappa shape index (κ1) is 13.5. The summed E-state index contributed by atoms with van der Waals surface area (Å²) in [5.74, 6) is 0.498. The van der Waals surface area contributed by atoms with Crippen molar-refractivity contribution in [1.29, 1.82) is 0 Å². The van der Waals surface area contributed by atoms with Crippen molar-refractivity contribution >= 4 is 28.3 Å². The molecule has 1 aromatic heterocycles. The van der Waals surface area contributed by atoms with Crippen molar-refractivity contribution in [2.75, 3.05) is 17.2 Å². The Hall–Kier alpha value is -1.95. The van der Waals surface area contributed by atoms with Crippen molar-refractivity contribution in [3.05, 3.63) is 35.7 Å². The first-order valence-corrected chi connectivity index (χ1v) is 6.92. The molecule has 0 fully saturated rings. The minimum atomic E-state index is -0.168. The molecule has 0 bridgehead atoms. The Morgan fingerprint density at radius 3 is 2.63 bits per heavy atom. The van der Waals surface area contributed by atoms with Crippen LogP contribution in [-0.4, -0.2) is 21.8 Å². The molecule has 0 aliphatic carbocycles. The Labute approximate surface area is 116 Å². The van der Waals surface area contributed by atoms with Crippen LogP contribution in [0.5, 0.6) is 0 Å². The van der Waals surface area contributed by atoms with E-state index in [2.05, 4.69) is 26.9 Å². The summed E-state index contributed by atoms with van der Waals surface area (Å²) in [5, 5.41) is 6.51. The molecule has 1 heterocycles. The van der Waals surface area contributed by atoms with Crippen molar-refractivity contribution in [2.24, 2.45) is 0 Å². The molecule has 0 radical (unpaired) electrons. The fraction of sp³-hybridized carbons (Fsp3) is 0.308. The van der Waals surface area contributed by atoms with Gasteiger partial charge in [-0.2, -0.15) is 4.37 Å². The number of hydrogen-bond donors (Lipinski definition) is 2. The molecule has 1 aromatic carbocycles. The second-order valence-electron chi connectivity index (χ2n) is 4.10. The summed E-state index contributed by atoms with van der Waals surface area (Å²) in [5.41, 5.74) is 1.63. The van der Waals surface area contributed by atoms with Crippen LogP contribution in [0.3, 0.4) is 0 Å². The Bertz CT molecular complexity index is 550. The van der Waals surface area contributed by atoms with E-state index in [1.54, 1.807) is 19.1 Å². The quantitative estimate of drug-likeness (QED) is 0.881. The number of carbonyl (C=O) groups is 1. The first-order valence-electron chi connectivity index (χ1n) is 6.14. The van der Waals surface area contributed by atoms with Gasteiger partial charge in [0.2, 0.25) is 5.13 Å². The van der Waals surface area contributed by atoms with E-state index in [0.717, 1.165) is 18.7 Å². The van der Waals surface area contributed by atoms with E-state index in [1.165, 1.54) is 11.5 Å². The molecule has 0 saturated heterocycles. The van der Waals surface area contributed by atoms with Gasteiger partial charge in [0, 0.05) is 29.3 Å². The number of hydrogen-bond acceptors (Lipinski definition) is 5. The smallest absolute Gasteiger partial charge is 0.257 e. The molecule has 2 N–H and O–H groups in total. The zero-order chi connectivity index (χ0) is 13.7. The molecule has 100 valence electrons. The molecule has 5 nitrogen and oxygen atoms in total. The van der Waals surface area contributed by atoms with Crippen LogP contribution in [0, 0.1) is 6.92 Å². The van der Waals surface area contributed by atoms with Crippen LogP contribution >= 0.6 is 11.5 Å². The highest BCUT2D eigenvalue weighted by Crippen LogP contribution is 2.14. The van der Waals surface area contributed by atoms with Crippen LogP contribution < -0.4 is 10.6 Å². The molecule has 0 saturated carbocycles. The molecule has 0 aliphatic rings. The normalized spacial score (nSPS) is 10.2. The Morgan fingerprint density at radius 1 is 1.32 bits per heavy atom. The average molecular weight is 276 g/mol. The zero-order valence-corrected chi connectivity index (χ0v) is 11.8. The first-order chi connectivity index (χ1) is 9.19. The number of nitrogens with one attached hydrogen (secondary N) is 2. The van der Waals surface area contributed by atoms with Crippen molar-refractivity contribution in [3.8, 4) is 0 Å². The van der Waals surface area contributed by atoms with Gasteiger partial charge in [-0.3, -0.25) is 10.1 Å². The number of anilines is 2. The van der Waals surface area contributed by atoms with Crippen LogP contribution in [0.25, 0.3) is 0 Å². The van der Waals surface area contributed by atoms with Crippen molar-refractivity contribution in [3.63, 3.8) is 0 Å². The fourth-order valence-electron chi connectivity index (χ4n) is 1.53. The van der Waals surface area contributed by atoms with Gasteiger partial charge in [0.1, 0.15) is 5.82 Å². The monoisotopic (exact) mass is 276 g/mol. The van der Waals surface area contributed by atoms with Gasteiger partial charge in [-0.1, -0.05) is 6.92 Å². The van der Waals surface area contributed by atoms with E-state index in [-0.39, 0.29) is 5.91 Å². The number of benzene rings is 1. The third kappa shape index (κ3) is 3.75. The number of amides is 1. The maximum absolute atomic E-state index is 12.0. The van der Waals surface area contributed by atoms with Gasteiger partial charge in [-0.25, -0.2) is 4.98 Å². The topological polar surface area (TPSA) is 66.9 Å². The van der Waals surface area contributed by atoms with Crippen LogP contribution in [0.1, 0.15) is 29.5 Å². The van der Waals surface area contributed by atoms with E-state index in [1.807, 2.05) is 12.1 Å². The zero-order valence-electron chi connectivity index (χ0n) is 10.9. The predicted octanol–water partition coefficient (Wildman–Crippen LogP) is 2.92. The third-order valence-electron chi connectivity index (χ3n) is 2.47. The molecule has 0 atom stereocenters. The highest BCUT2D eigenvalue weighted by Gasteiger charge is 2.08. The van der Waals surface area contributed by atoms with Crippen molar-refractivity contribution in [2.45, 2.75) is 20.3 Å². The summed E-state index contributed by atoms with van der Waals surface area (Å²) >= 11 is 1.18. The molecular weight excluding hydrogens is 260 g/mol. The van der Waals surface area contributed by atoms with E-state index in [4.69, 9.17) is 0 Å². The second kappa shape index (κ2) is 6.29. The van der Waals surface area contributed by atoms with Gasteiger partial charge in [0.05, 0.1) is 0 Å². The molecule has 6 heteroatoms. The van der Waals surface area contributed by atoms with Crippen LogP contribution in [0.2, 0.25) is 0 Å². The molecular formula is C13H16N4OS. The van der Waals surface area contributed by atoms with Crippen LogP contribution in [0.15, 0.2) is 24.3 Å². The summed E-state index contributed by atoms with van der Waals surface area (Å²) < 4.78 is 4.02. The molecule has 1 amide bonds. The van der Waals surface area contributed by atoms with Gasteiger partial charge in [-0.05, 0) is 37.6 Å². The Kier molecular flexibility index (Phi) is 4.46. The minimum Gasteiger partial charge on any atom is -0.385 e. The van der Waals surface area contributed by atoms with E-state index < -0.39 is 0 Å². The molecule has 2 rings (SSSR count). The van der Waals surface area contributed by atoms with Gasteiger partial charge in [0.15, 0.2) is 0 Å². The van der Waals surface area contributed by atoms with Crippen molar-refractivity contribution < 1.29 is 4.79 Å². The maximum atomic E-state index is 12.0. The molecule has 0 spiro atoms. The minimum absolute atomic E-state index is 0.168. The largest absolute Gasteiger partial charge is 0.385 e. The number of rotatable bonds is 5. The molecule has 19 heavy (non-hydrogen) atoms.